The van der Waals surface area contributed by atoms with Crippen LogP contribution in [-0.2, 0) is 4.79 Å². The van der Waals surface area contributed by atoms with E-state index in [0.29, 0.717) is 0 Å². The smallest absolute Gasteiger partial charge is 0.334 e. The van der Waals surface area contributed by atoms with Gasteiger partial charge in [0.15, 0.2) is 6.67 Å². The fourth-order valence-corrected chi connectivity index (χ4v) is 0. The van der Waals surface area contributed by atoms with Gasteiger partial charge in [0.25, 0.3) is 0 Å². The van der Waals surface area contributed by atoms with Crippen molar-refractivity contribution in [1.82, 2.24) is 0 Å². The van der Waals surface area contributed by atoms with Gasteiger partial charge in [-0.2, -0.15) is 8.78 Å². The van der Waals surface area contributed by atoms with Gasteiger partial charge in [-0.05, 0) is 13.8 Å². The summed E-state index contributed by atoms with van der Waals surface area (Å²) in [5, 5.41) is 7.12. The van der Waals surface area contributed by atoms with Crippen LogP contribution in [0.15, 0.2) is 0 Å². The molecule has 0 saturated carbocycles. The number of rotatable bonds is 1. The van der Waals surface area contributed by atoms with E-state index in [-0.39, 0.29) is 5.78 Å². The van der Waals surface area contributed by atoms with E-state index in [1.54, 1.807) is 0 Å². The zero-order chi connectivity index (χ0) is 8.78. The van der Waals surface area contributed by atoms with Crippen molar-refractivity contribution in [3.8, 4) is 0 Å². The third kappa shape index (κ3) is 52.2. The van der Waals surface area contributed by atoms with Crippen LogP contribution in [0.2, 0.25) is 0 Å². The summed E-state index contributed by atoms with van der Waals surface area (Å²) in [7, 11) is 0. The Morgan fingerprint density at radius 1 is 1.50 bits per heavy atom. The Balaban J connectivity index is 0. The van der Waals surface area contributed by atoms with E-state index in [2.05, 4.69) is 0 Å². The lowest BCUT2D eigenvalue weighted by Crippen LogP contribution is -2.15. The number of hydrogen-bond donors (Lipinski definition) is 1. The van der Waals surface area contributed by atoms with Crippen molar-refractivity contribution in [2.24, 2.45) is 0 Å². The minimum Gasteiger partial charge on any atom is -0.334 e. The maximum Gasteiger partial charge on any atom is 0.381 e. The number of aliphatic hydroxyl groups is 1. The second-order valence-corrected chi connectivity index (χ2v) is 1.71. The van der Waals surface area contributed by atoms with Crippen LogP contribution in [0.4, 0.5) is 13.2 Å². The number of ketones is 1. The monoisotopic (exact) mass is 158 g/mol. The molecular weight excluding hydrogens is 149 g/mol. The van der Waals surface area contributed by atoms with E-state index in [1.807, 2.05) is 0 Å². The first-order valence-corrected chi connectivity index (χ1v) is 2.43. The Hall–Kier alpha value is -0.580. The minimum absolute atomic E-state index is 0.167. The standard InChI is InChI=1S/C3H6O.C2H3F3O/c1-3(2)4;3-1-2(4,5)6/h1-2H3;6H,1H2. The predicted molar refractivity (Wildman–Crippen MR) is 29.5 cm³/mol. The fraction of sp³-hybridized carbons (Fsp3) is 0.800. The van der Waals surface area contributed by atoms with Crippen molar-refractivity contribution in [1.29, 1.82) is 0 Å². The molecule has 0 aliphatic rings. The molecule has 0 amide bonds. The molecular formula is C5H9F3O2. The molecule has 0 atom stereocenters. The van der Waals surface area contributed by atoms with Crippen LogP contribution >= 0.6 is 0 Å². The molecule has 0 radical (unpaired) electrons. The zero-order valence-corrected chi connectivity index (χ0v) is 5.70. The second kappa shape index (κ2) is 5.22. The SMILES string of the molecule is CC(C)=O.OC(F)(F)CF. The van der Waals surface area contributed by atoms with E-state index in [0.717, 1.165) is 0 Å². The van der Waals surface area contributed by atoms with E-state index in [9.17, 15) is 18.0 Å². The fourth-order valence-electron chi connectivity index (χ4n) is 0. The van der Waals surface area contributed by atoms with Gasteiger partial charge in [0, 0.05) is 0 Å². The molecule has 0 aromatic heterocycles. The lowest BCUT2D eigenvalue weighted by molar-refractivity contribution is -0.208. The maximum atomic E-state index is 10.6. The summed E-state index contributed by atoms with van der Waals surface area (Å²) in [4.78, 5) is 9.44. The highest BCUT2D eigenvalue weighted by Gasteiger charge is 2.22. The summed E-state index contributed by atoms with van der Waals surface area (Å²) in [5.74, 6) is 0.167. The molecule has 62 valence electrons. The van der Waals surface area contributed by atoms with Crippen molar-refractivity contribution in [3.63, 3.8) is 0 Å². The number of carbonyl (C=O) groups is 1. The van der Waals surface area contributed by atoms with Crippen LogP contribution in [0, 0.1) is 0 Å². The van der Waals surface area contributed by atoms with Crippen molar-refractivity contribution in [2.75, 3.05) is 6.67 Å². The number of alkyl halides is 3. The van der Waals surface area contributed by atoms with E-state index < -0.39 is 12.8 Å². The molecule has 0 saturated heterocycles. The van der Waals surface area contributed by atoms with Crippen molar-refractivity contribution >= 4 is 5.78 Å². The highest BCUT2D eigenvalue weighted by atomic mass is 19.3. The molecule has 0 heterocycles. The number of hydrogen-bond acceptors (Lipinski definition) is 2. The van der Waals surface area contributed by atoms with Crippen LogP contribution < -0.4 is 0 Å². The van der Waals surface area contributed by atoms with Gasteiger partial charge in [0.2, 0.25) is 0 Å². The summed E-state index contributed by atoms with van der Waals surface area (Å²) in [5.41, 5.74) is 0. The Bertz CT molecular complexity index is 93.6. The normalized spacial score (nSPS) is 9.80. The van der Waals surface area contributed by atoms with E-state index in [1.165, 1.54) is 13.8 Å². The quantitative estimate of drug-likeness (QED) is 0.621. The molecule has 5 heteroatoms. The highest BCUT2D eigenvalue weighted by Crippen LogP contribution is 2.06. The Labute approximate surface area is 56.7 Å². The van der Waals surface area contributed by atoms with Gasteiger partial charge in [-0.1, -0.05) is 0 Å². The maximum absolute atomic E-state index is 10.6. The van der Waals surface area contributed by atoms with E-state index in [4.69, 9.17) is 5.11 Å². The molecule has 0 spiro atoms. The van der Waals surface area contributed by atoms with Crippen LogP contribution in [0.1, 0.15) is 13.8 Å². The molecule has 0 aliphatic carbocycles. The molecule has 0 aromatic carbocycles. The van der Waals surface area contributed by atoms with Gasteiger partial charge in [-0.25, -0.2) is 4.39 Å². The lowest BCUT2D eigenvalue weighted by atomic mass is 10.6. The van der Waals surface area contributed by atoms with Crippen LogP contribution in [0.5, 0.6) is 0 Å². The van der Waals surface area contributed by atoms with Crippen molar-refractivity contribution in [3.05, 3.63) is 0 Å². The van der Waals surface area contributed by atoms with Gasteiger partial charge in [-0.15, -0.1) is 0 Å². The molecule has 10 heavy (non-hydrogen) atoms. The Morgan fingerprint density at radius 2 is 1.60 bits per heavy atom. The van der Waals surface area contributed by atoms with E-state index >= 15 is 0 Å². The summed E-state index contributed by atoms with van der Waals surface area (Å²) < 4.78 is 31.8. The molecule has 1 N–H and O–H groups in total. The topological polar surface area (TPSA) is 37.3 Å². The van der Waals surface area contributed by atoms with Crippen molar-refractivity contribution in [2.45, 2.75) is 20.0 Å². The van der Waals surface area contributed by atoms with Crippen LogP contribution in [0.25, 0.3) is 0 Å². The first-order chi connectivity index (χ1) is 4.29. The van der Waals surface area contributed by atoms with Gasteiger partial charge >= 0.3 is 6.11 Å². The summed E-state index contributed by atoms with van der Waals surface area (Å²) in [6.07, 6.45) is -4.12. The second-order valence-electron chi connectivity index (χ2n) is 1.71. The summed E-state index contributed by atoms with van der Waals surface area (Å²) in [6.45, 7) is 1.05. The molecule has 0 aliphatic heterocycles. The highest BCUT2D eigenvalue weighted by molar-refractivity contribution is 5.72. The number of halogens is 3. The van der Waals surface area contributed by atoms with Crippen LogP contribution in [-0.4, -0.2) is 23.7 Å². The zero-order valence-electron chi connectivity index (χ0n) is 5.70. The van der Waals surface area contributed by atoms with Crippen molar-refractivity contribution < 1.29 is 23.1 Å². The molecule has 0 rings (SSSR count). The largest absolute Gasteiger partial charge is 0.381 e. The summed E-state index contributed by atoms with van der Waals surface area (Å²) >= 11 is 0. The number of carbonyl (C=O) groups excluding carboxylic acids is 1. The van der Waals surface area contributed by atoms with Gasteiger partial charge < -0.3 is 9.90 Å². The molecule has 0 unspecified atom stereocenters. The Morgan fingerprint density at radius 3 is 1.60 bits per heavy atom. The van der Waals surface area contributed by atoms with Gasteiger partial charge in [-0.3, -0.25) is 0 Å². The first kappa shape index (κ1) is 12.1. The molecule has 0 fully saturated rings. The summed E-state index contributed by atoms with van der Waals surface area (Å²) in [6, 6.07) is 0. The number of Topliss-reactive ketones (excluding diaryl/α,β-unsaturated/α-hetero) is 1. The third-order valence-corrected chi connectivity index (χ3v) is 0.161. The van der Waals surface area contributed by atoms with Crippen LogP contribution in [0.3, 0.4) is 0 Å². The predicted octanol–water partition coefficient (Wildman–Crippen LogP) is 1.14. The molecule has 0 bridgehead atoms. The first-order valence-electron chi connectivity index (χ1n) is 2.43. The third-order valence-electron chi connectivity index (χ3n) is 0.161. The minimum atomic E-state index is -4.12. The van der Waals surface area contributed by atoms with Gasteiger partial charge in [0.05, 0.1) is 0 Å². The van der Waals surface area contributed by atoms with Gasteiger partial charge in [0.1, 0.15) is 5.78 Å². The lowest BCUT2D eigenvalue weighted by Gasteiger charge is -1.97. The molecule has 2 nitrogen and oxygen atoms in total. The average Bonchev–Trinajstić information content (AvgIpc) is 1.63. The average molecular weight is 158 g/mol. The Kier molecular flexibility index (Phi) is 6.34. The molecule has 0 aromatic rings.